The molecule has 1 amide bonds. The third-order valence-corrected chi connectivity index (χ3v) is 3.06. The molecule has 0 saturated heterocycles. The van der Waals surface area contributed by atoms with Crippen molar-refractivity contribution in [2.75, 3.05) is 19.8 Å². The summed E-state index contributed by atoms with van der Waals surface area (Å²) in [5, 5.41) is 2.74. The summed E-state index contributed by atoms with van der Waals surface area (Å²) in [6.45, 7) is 3.25. The van der Waals surface area contributed by atoms with Crippen LogP contribution in [0.2, 0.25) is 0 Å². The first-order valence-corrected chi connectivity index (χ1v) is 7.54. The zero-order valence-corrected chi connectivity index (χ0v) is 13.0. The summed E-state index contributed by atoms with van der Waals surface area (Å²) in [5.41, 5.74) is 0.646. The van der Waals surface area contributed by atoms with E-state index in [1.165, 1.54) is 12.1 Å². The molecule has 0 heterocycles. The molecule has 0 unspecified atom stereocenters. The van der Waals surface area contributed by atoms with Crippen molar-refractivity contribution in [2.24, 2.45) is 0 Å². The van der Waals surface area contributed by atoms with Gasteiger partial charge in [-0.3, -0.25) is 4.79 Å². The minimum absolute atomic E-state index is 0.150. The number of halogens is 1. The number of nitrogens with one attached hydrogen (secondary N) is 1. The van der Waals surface area contributed by atoms with Gasteiger partial charge in [-0.15, -0.1) is 0 Å². The van der Waals surface area contributed by atoms with E-state index in [-0.39, 0.29) is 18.1 Å². The van der Waals surface area contributed by atoms with Crippen LogP contribution < -0.4 is 14.8 Å². The predicted molar refractivity (Wildman–Crippen MR) is 86.2 cm³/mol. The number of rotatable bonds is 8. The van der Waals surface area contributed by atoms with Gasteiger partial charge in [-0.25, -0.2) is 4.39 Å². The smallest absolute Gasteiger partial charge is 0.224 e. The molecule has 122 valence electrons. The van der Waals surface area contributed by atoms with E-state index in [0.29, 0.717) is 31.1 Å². The van der Waals surface area contributed by atoms with Crippen LogP contribution in [0, 0.1) is 5.82 Å². The summed E-state index contributed by atoms with van der Waals surface area (Å²) < 4.78 is 24.0. The van der Waals surface area contributed by atoms with Crippen LogP contribution >= 0.6 is 0 Å². The molecule has 2 aromatic carbocycles. The van der Waals surface area contributed by atoms with Crippen molar-refractivity contribution < 1.29 is 18.7 Å². The van der Waals surface area contributed by atoms with Gasteiger partial charge in [0.1, 0.15) is 23.9 Å². The standard InChI is InChI=1S/C18H20FNO3/c1-2-22-16-7-4-8-17(13-16)23-10-9-20-18(21)12-14-5-3-6-15(19)11-14/h3-8,11,13H,2,9-10,12H2,1H3,(H,20,21). The second kappa shape index (κ2) is 8.78. The van der Waals surface area contributed by atoms with Crippen LogP contribution in [0.15, 0.2) is 48.5 Å². The summed E-state index contributed by atoms with van der Waals surface area (Å²) in [7, 11) is 0. The van der Waals surface area contributed by atoms with Crippen LogP contribution in [-0.4, -0.2) is 25.7 Å². The maximum atomic E-state index is 13.0. The number of carbonyl (C=O) groups excluding carboxylic acids is 1. The lowest BCUT2D eigenvalue weighted by Crippen LogP contribution is -2.29. The highest BCUT2D eigenvalue weighted by molar-refractivity contribution is 5.78. The Bertz CT molecular complexity index is 646. The predicted octanol–water partition coefficient (Wildman–Crippen LogP) is 2.96. The third kappa shape index (κ3) is 5.98. The molecule has 1 N–H and O–H groups in total. The summed E-state index contributed by atoms with van der Waals surface area (Å²) in [6, 6.07) is 13.4. The van der Waals surface area contributed by atoms with Crippen molar-refractivity contribution in [1.82, 2.24) is 5.32 Å². The molecule has 0 aliphatic heterocycles. The SMILES string of the molecule is CCOc1cccc(OCCNC(=O)Cc2cccc(F)c2)c1. The third-order valence-electron chi connectivity index (χ3n) is 3.06. The van der Waals surface area contributed by atoms with Gasteiger partial charge in [-0.1, -0.05) is 18.2 Å². The van der Waals surface area contributed by atoms with Crippen LogP contribution in [0.4, 0.5) is 4.39 Å². The molecular formula is C18H20FNO3. The average molecular weight is 317 g/mol. The fraction of sp³-hybridized carbons (Fsp3) is 0.278. The maximum Gasteiger partial charge on any atom is 0.224 e. The monoisotopic (exact) mass is 317 g/mol. The molecular weight excluding hydrogens is 297 g/mol. The molecule has 0 radical (unpaired) electrons. The topological polar surface area (TPSA) is 47.6 Å². The van der Waals surface area contributed by atoms with E-state index in [2.05, 4.69) is 5.32 Å². The fourth-order valence-corrected chi connectivity index (χ4v) is 2.07. The maximum absolute atomic E-state index is 13.0. The Hall–Kier alpha value is -2.56. The van der Waals surface area contributed by atoms with Crippen molar-refractivity contribution in [3.8, 4) is 11.5 Å². The van der Waals surface area contributed by atoms with Gasteiger partial charge in [-0.05, 0) is 36.8 Å². The van der Waals surface area contributed by atoms with Crippen molar-refractivity contribution in [3.63, 3.8) is 0 Å². The number of hydrogen-bond acceptors (Lipinski definition) is 3. The normalized spacial score (nSPS) is 10.2. The van der Waals surface area contributed by atoms with E-state index >= 15 is 0 Å². The Balaban J connectivity index is 1.70. The highest BCUT2D eigenvalue weighted by Gasteiger charge is 2.04. The van der Waals surface area contributed by atoms with E-state index in [1.54, 1.807) is 18.2 Å². The van der Waals surface area contributed by atoms with E-state index in [4.69, 9.17) is 9.47 Å². The first-order chi connectivity index (χ1) is 11.2. The van der Waals surface area contributed by atoms with Gasteiger partial charge in [0.05, 0.1) is 19.6 Å². The van der Waals surface area contributed by atoms with Crippen molar-refractivity contribution in [1.29, 1.82) is 0 Å². The van der Waals surface area contributed by atoms with Crippen molar-refractivity contribution in [2.45, 2.75) is 13.3 Å². The lowest BCUT2D eigenvalue weighted by Gasteiger charge is -2.09. The lowest BCUT2D eigenvalue weighted by atomic mass is 10.1. The minimum atomic E-state index is -0.340. The molecule has 2 aromatic rings. The number of amides is 1. The number of hydrogen-bond donors (Lipinski definition) is 1. The van der Waals surface area contributed by atoms with Crippen molar-refractivity contribution in [3.05, 3.63) is 59.9 Å². The Morgan fingerprint density at radius 2 is 1.83 bits per heavy atom. The van der Waals surface area contributed by atoms with E-state index in [9.17, 15) is 9.18 Å². The largest absolute Gasteiger partial charge is 0.494 e. The molecule has 2 rings (SSSR count). The fourth-order valence-electron chi connectivity index (χ4n) is 2.07. The second-order valence-corrected chi connectivity index (χ2v) is 4.91. The van der Waals surface area contributed by atoms with Crippen LogP contribution in [0.25, 0.3) is 0 Å². The Morgan fingerprint density at radius 3 is 2.57 bits per heavy atom. The molecule has 0 aliphatic rings. The van der Waals surface area contributed by atoms with E-state index in [0.717, 1.165) is 5.75 Å². The molecule has 0 saturated carbocycles. The number of ether oxygens (including phenoxy) is 2. The summed E-state index contributed by atoms with van der Waals surface area (Å²) in [4.78, 5) is 11.8. The lowest BCUT2D eigenvalue weighted by molar-refractivity contribution is -0.120. The zero-order chi connectivity index (χ0) is 16.5. The quantitative estimate of drug-likeness (QED) is 0.762. The van der Waals surface area contributed by atoms with Crippen molar-refractivity contribution >= 4 is 5.91 Å². The molecule has 23 heavy (non-hydrogen) atoms. The first-order valence-electron chi connectivity index (χ1n) is 7.54. The van der Waals surface area contributed by atoms with Gasteiger partial charge in [-0.2, -0.15) is 0 Å². The molecule has 4 nitrogen and oxygen atoms in total. The second-order valence-electron chi connectivity index (χ2n) is 4.91. The summed E-state index contributed by atoms with van der Waals surface area (Å²) in [6.07, 6.45) is 0.150. The Labute approximate surface area is 135 Å². The molecule has 0 bridgehead atoms. The van der Waals surface area contributed by atoms with Gasteiger partial charge in [0.15, 0.2) is 0 Å². The average Bonchev–Trinajstić information content (AvgIpc) is 2.52. The highest BCUT2D eigenvalue weighted by atomic mass is 19.1. The van der Waals surface area contributed by atoms with Gasteiger partial charge in [0.2, 0.25) is 5.91 Å². The number of benzene rings is 2. The van der Waals surface area contributed by atoms with Crippen LogP contribution in [0.1, 0.15) is 12.5 Å². The number of carbonyl (C=O) groups is 1. The minimum Gasteiger partial charge on any atom is -0.494 e. The molecule has 0 aromatic heterocycles. The van der Waals surface area contributed by atoms with Gasteiger partial charge >= 0.3 is 0 Å². The highest BCUT2D eigenvalue weighted by Crippen LogP contribution is 2.19. The molecule has 0 fully saturated rings. The summed E-state index contributed by atoms with van der Waals surface area (Å²) in [5.74, 6) is 0.936. The molecule has 0 atom stereocenters. The van der Waals surface area contributed by atoms with Gasteiger partial charge in [0.25, 0.3) is 0 Å². The van der Waals surface area contributed by atoms with Gasteiger partial charge in [0, 0.05) is 6.07 Å². The van der Waals surface area contributed by atoms with Gasteiger partial charge < -0.3 is 14.8 Å². The summed E-state index contributed by atoms with van der Waals surface area (Å²) >= 11 is 0. The molecule has 5 heteroatoms. The molecule has 0 aliphatic carbocycles. The van der Waals surface area contributed by atoms with Crippen LogP contribution in [0.3, 0.4) is 0 Å². The first kappa shape index (κ1) is 16.8. The van der Waals surface area contributed by atoms with E-state index < -0.39 is 0 Å². The Kier molecular flexibility index (Phi) is 6.41. The van der Waals surface area contributed by atoms with E-state index in [1.807, 2.05) is 25.1 Å². The Morgan fingerprint density at radius 1 is 1.09 bits per heavy atom. The van der Waals surface area contributed by atoms with Crippen LogP contribution in [0.5, 0.6) is 11.5 Å². The molecule has 0 spiro atoms. The van der Waals surface area contributed by atoms with Crippen LogP contribution in [-0.2, 0) is 11.2 Å². The zero-order valence-electron chi connectivity index (χ0n) is 13.0.